The van der Waals surface area contributed by atoms with Gasteiger partial charge in [0.25, 0.3) is 0 Å². The highest BCUT2D eigenvalue weighted by Crippen LogP contribution is 2.60. The third-order valence-corrected chi connectivity index (χ3v) is 7.45. The van der Waals surface area contributed by atoms with Gasteiger partial charge in [-0.15, -0.1) is 0 Å². The zero-order valence-electron chi connectivity index (χ0n) is 17.3. The summed E-state index contributed by atoms with van der Waals surface area (Å²) in [7, 11) is 0. The van der Waals surface area contributed by atoms with E-state index >= 15 is 0 Å². The van der Waals surface area contributed by atoms with Gasteiger partial charge in [0.2, 0.25) is 0 Å². The maximum absolute atomic E-state index is 12.8. The van der Waals surface area contributed by atoms with Crippen molar-refractivity contribution in [2.24, 2.45) is 23.2 Å². The van der Waals surface area contributed by atoms with E-state index in [1.165, 1.54) is 83.5 Å². The number of carbonyl (C=O) groups excluding carboxylic acids is 1. The average Bonchev–Trinajstić information content (AvgIpc) is 2.61. The second-order valence-corrected chi connectivity index (χ2v) is 9.87. The van der Waals surface area contributed by atoms with Crippen LogP contribution < -0.4 is 0 Å². The minimum Gasteiger partial charge on any atom is -0.465 e. The molecule has 0 radical (unpaired) electrons. The summed E-state index contributed by atoms with van der Waals surface area (Å²) in [6.45, 7) is 2.94. The quantitative estimate of drug-likeness (QED) is 0.259. The predicted molar refractivity (Wildman–Crippen MR) is 108 cm³/mol. The SMILES string of the molecule is CCCCCCCCCCCCCOC(=O)C12CC3CC(CC(C3)C1)C2. The molecule has 26 heavy (non-hydrogen) atoms. The fourth-order valence-electron chi connectivity index (χ4n) is 6.44. The predicted octanol–water partition coefficient (Wildman–Crippen LogP) is 7.06. The van der Waals surface area contributed by atoms with Gasteiger partial charge in [0, 0.05) is 0 Å². The summed E-state index contributed by atoms with van der Waals surface area (Å²) < 4.78 is 5.77. The lowest BCUT2D eigenvalue weighted by molar-refractivity contribution is -0.171. The van der Waals surface area contributed by atoms with E-state index in [4.69, 9.17) is 4.74 Å². The molecular formula is C24H42O2. The van der Waals surface area contributed by atoms with Crippen LogP contribution in [0.1, 0.15) is 116 Å². The highest BCUT2D eigenvalue weighted by atomic mass is 16.5. The molecule has 4 aliphatic carbocycles. The maximum Gasteiger partial charge on any atom is 0.312 e. The summed E-state index contributed by atoms with van der Waals surface area (Å²) in [6, 6.07) is 0. The summed E-state index contributed by atoms with van der Waals surface area (Å²) >= 11 is 0. The fourth-order valence-corrected chi connectivity index (χ4v) is 6.44. The maximum atomic E-state index is 12.8. The standard InChI is InChI=1S/C24H42O2/c1-2-3-4-5-6-7-8-9-10-11-12-13-26-23(25)24-17-20-14-21(18-24)16-22(15-20)19-24/h20-22H,2-19H2,1H3. The molecule has 0 saturated heterocycles. The van der Waals surface area contributed by atoms with Gasteiger partial charge < -0.3 is 4.74 Å². The van der Waals surface area contributed by atoms with Crippen LogP contribution in [0.5, 0.6) is 0 Å². The van der Waals surface area contributed by atoms with Crippen molar-refractivity contribution >= 4 is 5.97 Å². The van der Waals surface area contributed by atoms with Gasteiger partial charge in [-0.1, -0.05) is 71.1 Å². The molecule has 0 aromatic rings. The summed E-state index contributed by atoms with van der Waals surface area (Å²) in [5.74, 6) is 2.66. The van der Waals surface area contributed by atoms with Crippen molar-refractivity contribution in [2.45, 2.75) is 116 Å². The van der Waals surface area contributed by atoms with Gasteiger partial charge in [0.15, 0.2) is 0 Å². The molecule has 0 N–H and O–H groups in total. The first kappa shape index (κ1) is 20.2. The lowest BCUT2D eigenvalue weighted by atomic mass is 9.49. The van der Waals surface area contributed by atoms with Crippen LogP contribution >= 0.6 is 0 Å². The number of esters is 1. The van der Waals surface area contributed by atoms with Gasteiger partial charge in [0.1, 0.15) is 0 Å². The summed E-state index contributed by atoms with van der Waals surface area (Å²) in [5.41, 5.74) is -0.0630. The molecule has 0 amide bonds. The topological polar surface area (TPSA) is 26.3 Å². The zero-order valence-corrected chi connectivity index (χ0v) is 17.3. The Labute approximate surface area is 161 Å². The normalized spacial score (nSPS) is 32.1. The first-order valence-corrected chi connectivity index (χ1v) is 11.9. The van der Waals surface area contributed by atoms with Crippen LogP contribution in [0.4, 0.5) is 0 Å². The molecule has 4 bridgehead atoms. The summed E-state index contributed by atoms with van der Waals surface area (Å²) in [5, 5.41) is 0. The number of hydrogen-bond donors (Lipinski definition) is 0. The molecule has 0 unspecified atom stereocenters. The Morgan fingerprint density at radius 2 is 1.15 bits per heavy atom. The van der Waals surface area contributed by atoms with Gasteiger partial charge in [-0.3, -0.25) is 4.79 Å². The molecule has 0 aromatic carbocycles. The molecule has 4 saturated carbocycles. The first-order valence-electron chi connectivity index (χ1n) is 11.9. The molecule has 4 rings (SSSR count). The molecule has 150 valence electrons. The van der Waals surface area contributed by atoms with Crippen molar-refractivity contribution in [3.05, 3.63) is 0 Å². The van der Waals surface area contributed by atoms with Gasteiger partial charge in [0.05, 0.1) is 12.0 Å². The van der Waals surface area contributed by atoms with Crippen molar-refractivity contribution in [3.63, 3.8) is 0 Å². The fraction of sp³-hybridized carbons (Fsp3) is 0.958. The highest BCUT2D eigenvalue weighted by molar-refractivity contribution is 5.77. The third-order valence-electron chi connectivity index (χ3n) is 7.45. The summed E-state index contributed by atoms with van der Waals surface area (Å²) in [4.78, 5) is 12.8. The van der Waals surface area contributed by atoms with E-state index in [0.29, 0.717) is 6.61 Å². The van der Waals surface area contributed by atoms with Gasteiger partial charge in [-0.25, -0.2) is 0 Å². The van der Waals surface area contributed by atoms with Crippen molar-refractivity contribution in [1.29, 1.82) is 0 Å². The average molecular weight is 363 g/mol. The van der Waals surface area contributed by atoms with Crippen LogP contribution in [0.15, 0.2) is 0 Å². The highest BCUT2D eigenvalue weighted by Gasteiger charge is 2.55. The van der Waals surface area contributed by atoms with E-state index in [-0.39, 0.29) is 11.4 Å². The molecule has 2 nitrogen and oxygen atoms in total. The molecule has 4 aliphatic rings. The van der Waals surface area contributed by atoms with Crippen LogP contribution in [0, 0.1) is 23.2 Å². The Kier molecular flexibility index (Phi) is 7.88. The van der Waals surface area contributed by atoms with Crippen LogP contribution in [-0.4, -0.2) is 12.6 Å². The minimum absolute atomic E-state index is 0.0630. The van der Waals surface area contributed by atoms with E-state index in [2.05, 4.69) is 6.92 Å². The number of ether oxygens (including phenoxy) is 1. The van der Waals surface area contributed by atoms with Gasteiger partial charge in [-0.2, -0.15) is 0 Å². The van der Waals surface area contributed by atoms with E-state index in [0.717, 1.165) is 43.4 Å². The van der Waals surface area contributed by atoms with Gasteiger partial charge >= 0.3 is 5.97 Å². The Hall–Kier alpha value is -0.530. The van der Waals surface area contributed by atoms with Gasteiger partial charge in [-0.05, 0) is 62.7 Å². The van der Waals surface area contributed by atoms with Crippen molar-refractivity contribution < 1.29 is 9.53 Å². The van der Waals surface area contributed by atoms with E-state index in [1.54, 1.807) is 0 Å². The molecule has 4 fully saturated rings. The van der Waals surface area contributed by atoms with Crippen LogP contribution in [0.3, 0.4) is 0 Å². The van der Waals surface area contributed by atoms with E-state index in [9.17, 15) is 4.79 Å². The molecule has 0 aromatic heterocycles. The second-order valence-electron chi connectivity index (χ2n) is 9.87. The van der Waals surface area contributed by atoms with Crippen molar-refractivity contribution in [2.75, 3.05) is 6.61 Å². The molecule has 0 aliphatic heterocycles. The van der Waals surface area contributed by atoms with Crippen LogP contribution in [0.25, 0.3) is 0 Å². The Morgan fingerprint density at radius 3 is 1.62 bits per heavy atom. The van der Waals surface area contributed by atoms with Crippen molar-refractivity contribution in [1.82, 2.24) is 0 Å². The Balaban J connectivity index is 1.19. The molecule has 0 heterocycles. The third kappa shape index (κ3) is 5.49. The Morgan fingerprint density at radius 1 is 0.731 bits per heavy atom. The molecular weight excluding hydrogens is 320 g/mol. The molecule has 2 heteroatoms. The number of rotatable bonds is 13. The van der Waals surface area contributed by atoms with Crippen LogP contribution in [-0.2, 0) is 9.53 Å². The smallest absolute Gasteiger partial charge is 0.312 e. The lowest BCUT2D eigenvalue weighted by Gasteiger charge is -2.55. The number of hydrogen-bond acceptors (Lipinski definition) is 2. The monoisotopic (exact) mass is 362 g/mol. The minimum atomic E-state index is -0.0630. The van der Waals surface area contributed by atoms with E-state index in [1.807, 2.05) is 0 Å². The summed E-state index contributed by atoms with van der Waals surface area (Å²) in [6.07, 6.45) is 22.4. The van der Waals surface area contributed by atoms with Crippen molar-refractivity contribution in [3.8, 4) is 0 Å². The van der Waals surface area contributed by atoms with Crippen LogP contribution in [0.2, 0.25) is 0 Å². The largest absolute Gasteiger partial charge is 0.465 e. The number of unbranched alkanes of at least 4 members (excludes halogenated alkanes) is 10. The second kappa shape index (κ2) is 10.1. The van der Waals surface area contributed by atoms with E-state index < -0.39 is 0 Å². The first-order chi connectivity index (χ1) is 12.7. The molecule has 0 atom stereocenters. The number of carbonyl (C=O) groups is 1. The zero-order chi connectivity index (χ0) is 18.2. The molecule has 0 spiro atoms. The lowest BCUT2D eigenvalue weighted by Crippen LogP contribution is -2.50. The Bertz CT molecular complexity index is 393.